The number of aromatic nitrogens is 2. The maximum atomic E-state index is 14.9. The number of hydrogen-bond acceptors (Lipinski definition) is 6. The highest BCUT2D eigenvalue weighted by Gasteiger charge is 2.19. The molecule has 2 aromatic heterocycles. The van der Waals surface area contributed by atoms with E-state index in [-0.39, 0.29) is 17.0 Å². The lowest BCUT2D eigenvalue weighted by Crippen LogP contribution is -2.36. The summed E-state index contributed by atoms with van der Waals surface area (Å²) in [6.45, 7) is 2.82. The van der Waals surface area contributed by atoms with Gasteiger partial charge in [0, 0.05) is 31.4 Å². The Labute approximate surface area is 197 Å². The van der Waals surface area contributed by atoms with Crippen molar-refractivity contribution in [1.29, 1.82) is 0 Å². The molecule has 174 valence electrons. The highest BCUT2D eigenvalue weighted by atomic mass is 32.2. The molecular formula is C25H23FN4O3S. The molecule has 0 bridgehead atoms. The zero-order chi connectivity index (χ0) is 23.5. The van der Waals surface area contributed by atoms with E-state index in [1.807, 2.05) is 36.4 Å². The highest BCUT2D eigenvalue weighted by molar-refractivity contribution is 7.89. The third kappa shape index (κ3) is 4.63. The Bertz CT molecular complexity index is 1430. The van der Waals surface area contributed by atoms with Crippen LogP contribution in [0.25, 0.3) is 22.3 Å². The molecule has 1 N–H and O–H groups in total. The van der Waals surface area contributed by atoms with Gasteiger partial charge in [-0.2, -0.15) is 0 Å². The number of ether oxygens (including phenoxy) is 1. The third-order valence-corrected chi connectivity index (χ3v) is 7.15. The first kappa shape index (κ1) is 22.4. The van der Waals surface area contributed by atoms with E-state index in [2.05, 4.69) is 14.6 Å². The van der Waals surface area contributed by atoms with Crippen LogP contribution in [0.15, 0.2) is 77.8 Å². The molecule has 4 aromatic rings. The number of hydrogen-bond donors (Lipinski definition) is 1. The average Bonchev–Trinajstić information content (AvgIpc) is 2.88. The summed E-state index contributed by atoms with van der Waals surface area (Å²) < 4.78 is 48.7. The van der Waals surface area contributed by atoms with E-state index in [0.717, 1.165) is 30.4 Å². The maximum Gasteiger partial charge on any atom is 0.240 e. The van der Waals surface area contributed by atoms with E-state index in [0.29, 0.717) is 29.9 Å². The summed E-state index contributed by atoms with van der Waals surface area (Å²) in [7, 11) is -3.85. The smallest absolute Gasteiger partial charge is 0.240 e. The van der Waals surface area contributed by atoms with E-state index in [4.69, 9.17) is 9.72 Å². The summed E-state index contributed by atoms with van der Waals surface area (Å²) >= 11 is 0. The van der Waals surface area contributed by atoms with E-state index < -0.39 is 15.8 Å². The molecule has 0 radical (unpaired) electrons. The van der Waals surface area contributed by atoms with Crippen LogP contribution in [0.1, 0.15) is 5.56 Å². The number of sulfonamides is 1. The zero-order valence-electron chi connectivity index (χ0n) is 18.3. The van der Waals surface area contributed by atoms with Crippen LogP contribution in [-0.4, -0.2) is 44.7 Å². The largest absolute Gasteiger partial charge is 0.378 e. The van der Waals surface area contributed by atoms with Gasteiger partial charge in [-0.25, -0.2) is 22.5 Å². The fourth-order valence-corrected chi connectivity index (χ4v) is 4.99. The number of rotatable bonds is 6. The first-order valence-corrected chi connectivity index (χ1v) is 12.4. The average molecular weight is 479 g/mol. The molecule has 0 saturated carbocycles. The van der Waals surface area contributed by atoms with Gasteiger partial charge in [0.2, 0.25) is 10.0 Å². The van der Waals surface area contributed by atoms with Gasteiger partial charge < -0.3 is 9.64 Å². The Morgan fingerprint density at radius 2 is 1.79 bits per heavy atom. The predicted octanol–water partition coefficient (Wildman–Crippen LogP) is 3.75. The minimum atomic E-state index is -3.85. The molecule has 0 unspecified atom stereocenters. The van der Waals surface area contributed by atoms with Crippen LogP contribution in [0, 0.1) is 5.82 Å². The van der Waals surface area contributed by atoms with E-state index >= 15 is 0 Å². The van der Waals surface area contributed by atoms with Crippen molar-refractivity contribution in [3.63, 3.8) is 0 Å². The lowest BCUT2D eigenvalue weighted by molar-refractivity contribution is 0.123. The van der Waals surface area contributed by atoms with Crippen molar-refractivity contribution in [1.82, 2.24) is 14.7 Å². The van der Waals surface area contributed by atoms with Gasteiger partial charge >= 0.3 is 0 Å². The lowest BCUT2D eigenvalue weighted by atomic mass is 10.1. The quantitative estimate of drug-likeness (QED) is 0.454. The summed E-state index contributed by atoms with van der Waals surface area (Å²) in [5.74, 6) is -0.550. The highest BCUT2D eigenvalue weighted by Crippen LogP contribution is 2.30. The van der Waals surface area contributed by atoms with Gasteiger partial charge in [0.25, 0.3) is 0 Å². The molecule has 2 aromatic carbocycles. The van der Waals surface area contributed by atoms with Gasteiger partial charge in [-0.15, -0.1) is 0 Å². The predicted molar refractivity (Wildman–Crippen MR) is 128 cm³/mol. The van der Waals surface area contributed by atoms with Gasteiger partial charge in [-0.3, -0.25) is 4.98 Å². The Morgan fingerprint density at radius 3 is 2.59 bits per heavy atom. The van der Waals surface area contributed by atoms with Crippen LogP contribution in [0.2, 0.25) is 0 Å². The minimum Gasteiger partial charge on any atom is -0.378 e. The van der Waals surface area contributed by atoms with E-state index in [1.54, 1.807) is 18.3 Å². The number of benzene rings is 2. The first-order chi connectivity index (χ1) is 16.5. The molecule has 1 aliphatic rings. The van der Waals surface area contributed by atoms with Crippen LogP contribution in [0.5, 0.6) is 0 Å². The Kier molecular flexibility index (Phi) is 6.23. The number of nitrogens with one attached hydrogen (secondary N) is 1. The Hall–Kier alpha value is -3.40. The standard InChI is InChI=1S/C25H23FN4O3S/c26-21-7-6-19(34(31,32)28-17-18-4-2-1-3-5-18)16-20(21)22-8-9-23-25(29-22)24(10-11-27-23)30-12-14-33-15-13-30/h1-11,16,28H,12-15,17H2. The van der Waals surface area contributed by atoms with Gasteiger partial charge in [0.15, 0.2) is 0 Å². The van der Waals surface area contributed by atoms with Crippen LogP contribution in [0.4, 0.5) is 10.1 Å². The van der Waals surface area contributed by atoms with Gasteiger partial charge in [-0.05, 0) is 42.0 Å². The molecule has 3 heterocycles. The van der Waals surface area contributed by atoms with Crippen molar-refractivity contribution < 1.29 is 17.5 Å². The molecular weight excluding hydrogens is 455 g/mol. The second kappa shape index (κ2) is 9.46. The normalized spacial score (nSPS) is 14.4. The monoisotopic (exact) mass is 478 g/mol. The van der Waals surface area contributed by atoms with Crippen LogP contribution in [-0.2, 0) is 21.3 Å². The molecule has 1 saturated heterocycles. The number of halogens is 1. The Balaban J connectivity index is 1.50. The fourth-order valence-electron chi connectivity index (χ4n) is 3.95. The van der Waals surface area contributed by atoms with Crippen molar-refractivity contribution in [2.75, 3.05) is 31.2 Å². The molecule has 5 rings (SSSR count). The minimum absolute atomic E-state index is 0.0266. The van der Waals surface area contributed by atoms with Crippen LogP contribution >= 0.6 is 0 Å². The summed E-state index contributed by atoms with van der Waals surface area (Å²) in [5, 5.41) is 0. The molecule has 0 amide bonds. The number of anilines is 1. The molecule has 0 aliphatic carbocycles. The lowest BCUT2D eigenvalue weighted by Gasteiger charge is -2.29. The molecule has 0 atom stereocenters. The number of morpholine rings is 1. The van der Waals surface area contributed by atoms with Gasteiger partial charge in [-0.1, -0.05) is 30.3 Å². The number of nitrogens with zero attached hydrogens (tertiary/aromatic N) is 3. The Morgan fingerprint density at radius 1 is 1.00 bits per heavy atom. The van der Waals surface area contributed by atoms with Crippen molar-refractivity contribution in [2.24, 2.45) is 0 Å². The molecule has 1 aliphatic heterocycles. The molecule has 34 heavy (non-hydrogen) atoms. The van der Waals surface area contributed by atoms with E-state index in [1.165, 1.54) is 12.1 Å². The summed E-state index contributed by atoms with van der Waals surface area (Å²) in [5.41, 5.74) is 3.49. The van der Waals surface area contributed by atoms with E-state index in [9.17, 15) is 12.8 Å². The summed E-state index contributed by atoms with van der Waals surface area (Å²) in [6, 6.07) is 18.3. The van der Waals surface area contributed by atoms with Crippen LogP contribution < -0.4 is 9.62 Å². The second-order valence-electron chi connectivity index (χ2n) is 7.95. The third-order valence-electron chi connectivity index (χ3n) is 5.75. The topological polar surface area (TPSA) is 84.4 Å². The molecule has 9 heteroatoms. The zero-order valence-corrected chi connectivity index (χ0v) is 19.1. The van der Waals surface area contributed by atoms with Crippen molar-refractivity contribution >= 4 is 26.7 Å². The van der Waals surface area contributed by atoms with Gasteiger partial charge in [0.1, 0.15) is 11.3 Å². The van der Waals surface area contributed by atoms with Crippen LogP contribution in [0.3, 0.4) is 0 Å². The van der Waals surface area contributed by atoms with Gasteiger partial charge in [0.05, 0.1) is 35.0 Å². The first-order valence-electron chi connectivity index (χ1n) is 10.9. The SMILES string of the molecule is O=S(=O)(NCc1ccccc1)c1ccc(F)c(-c2ccc3nccc(N4CCOCC4)c3n2)c1. The number of fused-ring (bicyclic) bond motifs is 1. The second-order valence-corrected chi connectivity index (χ2v) is 9.71. The molecule has 0 spiro atoms. The molecule has 1 fully saturated rings. The van der Waals surface area contributed by atoms with Crippen molar-refractivity contribution in [3.05, 3.63) is 84.3 Å². The number of pyridine rings is 2. The molecule has 7 nitrogen and oxygen atoms in total. The summed E-state index contributed by atoms with van der Waals surface area (Å²) in [6.07, 6.45) is 1.72. The van der Waals surface area contributed by atoms with Crippen molar-refractivity contribution in [3.8, 4) is 11.3 Å². The van der Waals surface area contributed by atoms with Crippen molar-refractivity contribution in [2.45, 2.75) is 11.4 Å². The maximum absolute atomic E-state index is 14.9. The fraction of sp³-hybridized carbons (Fsp3) is 0.200. The summed E-state index contributed by atoms with van der Waals surface area (Å²) in [4.78, 5) is 11.2.